The topological polar surface area (TPSA) is 40.5 Å². The van der Waals surface area contributed by atoms with Gasteiger partial charge in [-0.2, -0.15) is 0 Å². The van der Waals surface area contributed by atoms with Crippen LogP contribution in [-0.4, -0.2) is 10.2 Å². The van der Waals surface area contributed by atoms with E-state index in [-0.39, 0.29) is 16.9 Å². The summed E-state index contributed by atoms with van der Waals surface area (Å²) in [6.45, 7) is 0. The minimum Gasteiger partial charge on any atom is -0.508 e. The fraction of sp³-hybridized carbons (Fsp3) is 0.143. The van der Waals surface area contributed by atoms with Gasteiger partial charge in [0.05, 0.1) is 5.38 Å². The molecule has 17 heavy (non-hydrogen) atoms. The van der Waals surface area contributed by atoms with Gasteiger partial charge in [0.25, 0.3) is 0 Å². The number of aromatic hydroxyl groups is 2. The number of rotatable bonds is 3. The molecular weight excluding hydrogens is 236 g/mol. The largest absolute Gasteiger partial charge is 0.508 e. The summed E-state index contributed by atoms with van der Waals surface area (Å²) in [5, 5.41) is 18.2. The fourth-order valence-corrected chi connectivity index (χ4v) is 1.96. The average Bonchev–Trinajstić information content (AvgIpc) is 2.33. The molecule has 3 heteroatoms. The maximum atomic E-state index is 9.19. The Morgan fingerprint density at radius 3 is 1.82 bits per heavy atom. The van der Waals surface area contributed by atoms with E-state index in [1.807, 2.05) is 24.3 Å². The summed E-state index contributed by atoms with van der Waals surface area (Å²) in [7, 11) is 0. The number of benzene rings is 2. The lowest BCUT2D eigenvalue weighted by Crippen LogP contribution is -1.95. The van der Waals surface area contributed by atoms with Gasteiger partial charge < -0.3 is 10.2 Å². The van der Waals surface area contributed by atoms with Gasteiger partial charge in [-0.1, -0.05) is 24.3 Å². The van der Waals surface area contributed by atoms with E-state index in [1.54, 1.807) is 24.3 Å². The van der Waals surface area contributed by atoms with Gasteiger partial charge in [-0.3, -0.25) is 0 Å². The third-order valence-corrected chi connectivity index (χ3v) is 3.01. The van der Waals surface area contributed by atoms with Gasteiger partial charge in [-0.25, -0.2) is 0 Å². The molecule has 0 aromatic heterocycles. The van der Waals surface area contributed by atoms with E-state index in [4.69, 9.17) is 11.6 Å². The van der Waals surface area contributed by atoms with Gasteiger partial charge in [-0.05, 0) is 41.8 Å². The highest BCUT2D eigenvalue weighted by Crippen LogP contribution is 2.26. The van der Waals surface area contributed by atoms with Gasteiger partial charge in [-0.15, -0.1) is 11.6 Å². The quantitative estimate of drug-likeness (QED) is 0.815. The first-order chi connectivity index (χ1) is 8.15. The van der Waals surface area contributed by atoms with Crippen molar-refractivity contribution < 1.29 is 10.2 Å². The molecule has 0 aliphatic rings. The Labute approximate surface area is 105 Å². The highest BCUT2D eigenvalue weighted by Gasteiger charge is 2.08. The second-order valence-electron chi connectivity index (χ2n) is 3.93. The van der Waals surface area contributed by atoms with Crippen LogP contribution in [0.2, 0.25) is 0 Å². The molecule has 2 N–H and O–H groups in total. The first kappa shape index (κ1) is 11.8. The molecule has 1 unspecified atom stereocenters. The molecule has 0 radical (unpaired) electrons. The van der Waals surface area contributed by atoms with Crippen molar-refractivity contribution in [2.24, 2.45) is 0 Å². The zero-order valence-electron chi connectivity index (χ0n) is 9.18. The van der Waals surface area contributed by atoms with Gasteiger partial charge in [0, 0.05) is 0 Å². The predicted molar refractivity (Wildman–Crippen MR) is 68.5 cm³/mol. The van der Waals surface area contributed by atoms with Crippen LogP contribution in [0.1, 0.15) is 16.5 Å². The minimum absolute atomic E-state index is 0.139. The molecule has 0 aliphatic heterocycles. The number of hydrogen-bond donors (Lipinski definition) is 2. The fourth-order valence-electron chi connectivity index (χ4n) is 1.64. The summed E-state index contributed by atoms with van der Waals surface area (Å²) in [5.74, 6) is 0.492. The van der Waals surface area contributed by atoms with Crippen LogP contribution in [0, 0.1) is 0 Å². The Bertz CT molecular complexity index is 477. The lowest BCUT2D eigenvalue weighted by molar-refractivity contribution is 0.474. The van der Waals surface area contributed by atoms with Gasteiger partial charge in [0.1, 0.15) is 11.5 Å². The highest BCUT2D eigenvalue weighted by atomic mass is 35.5. The molecule has 0 aliphatic carbocycles. The predicted octanol–water partition coefficient (Wildman–Crippen LogP) is 3.62. The molecule has 2 aromatic carbocycles. The van der Waals surface area contributed by atoms with Crippen molar-refractivity contribution in [3.63, 3.8) is 0 Å². The van der Waals surface area contributed by atoms with Crippen molar-refractivity contribution in [2.45, 2.75) is 11.8 Å². The summed E-state index contributed by atoms with van der Waals surface area (Å²) in [4.78, 5) is 0. The van der Waals surface area contributed by atoms with E-state index in [0.717, 1.165) is 11.1 Å². The zero-order valence-corrected chi connectivity index (χ0v) is 9.93. The van der Waals surface area contributed by atoms with Gasteiger partial charge in [0.2, 0.25) is 0 Å². The molecule has 0 fully saturated rings. The molecule has 0 bridgehead atoms. The van der Waals surface area contributed by atoms with E-state index in [0.29, 0.717) is 6.42 Å². The van der Waals surface area contributed by atoms with Crippen LogP contribution in [0.5, 0.6) is 11.5 Å². The standard InChI is InChI=1S/C14H13ClO2/c15-14(11-3-7-13(17)8-4-11)9-10-1-5-12(16)6-2-10/h1-8,14,16-17H,9H2. The van der Waals surface area contributed by atoms with Crippen LogP contribution in [0.25, 0.3) is 0 Å². The smallest absolute Gasteiger partial charge is 0.115 e. The van der Waals surface area contributed by atoms with Crippen molar-refractivity contribution in [1.82, 2.24) is 0 Å². The van der Waals surface area contributed by atoms with E-state index in [9.17, 15) is 10.2 Å². The second kappa shape index (κ2) is 5.11. The lowest BCUT2D eigenvalue weighted by Gasteiger charge is -2.10. The second-order valence-corrected chi connectivity index (χ2v) is 4.46. The van der Waals surface area contributed by atoms with Crippen LogP contribution in [0.4, 0.5) is 0 Å². The third-order valence-electron chi connectivity index (χ3n) is 2.61. The molecule has 0 saturated carbocycles. The van der Waals surface area contributed by atoms with Crippen LogP contribution in [0.15, 0.2) is 48.5 Å². The van der Waals surface area contributed by atoms with E-state index < -0.39 is 0 Å². The Hall–Kier alpha value is -1.67. The molecule has 0 spiro atoms. The molecule has 2 rings (SSSR count). The maximum Gasteiger partial charge on any atom is 0.115 e. The van der Waals surface area contributed by atoms with Crippen LogP contribution < -0.4 is 0 Å². The number of halogens is 1. The van der Waals surface area contributed by atoms with Gasteiger partial charge >= 0.3 is 0 Å². The molecule has 0 amide bonds. The minimum atomic E-state index is -0.139. The van der Waals surface area contributed by atoms with Crippen LogP contribution in [-0.2, 0) is 6.42 Å². The number of hydrogen-bond acceptors (Lipinski definition) is 2. The summed E-state index contributed by atoms with van der Waals surface area (Å²) in [6, 6.07) is 13.9. The van der Waals surface area contributed by atoms with E-state index in [2.05, 4.69) is 0 Å². The summed E-state index contributed by atoms with van der Waals surface area (Å²) in [5.41, 5.74) is 2.04. The summed E-state index contributed by atoms with van der Waals surface area (Å²) >= 11 is 6.29. The van der Waals surface area contributed by atoms with Crippen molar-refractivity contribution in [3.05, 3.63) is 59.7 Å². The number of phenols is 2. The molecule has 2 aromatic rings. The highest BCUT2D eigenvalue weighted by molar-refractivity contribution is 6.20. The first-order valence-corrected chi connectivity index (χ1v) is 5.80. The Balaban J connectivity index is 2.08. The third kappa shape index (κ3) is 3.14. The number of alkyl halides is 1. The molecule has 2 nitrogen and oxygen atoms in total. The lowest BCUT2D eigenvalue weighted by atomic mass is 10.0. The first-order valence-electron chi connectivity index (χ1n) is 5.36. The molecule has 0 saturated heterocycles. The SMILES string of the molecule is Oc1ccc(CC(Cl)c2ccc(O)cc2)cc1. The van der Waals surface area contributed by atoms with Crippen molar-refractivity contribution in [2.75, 3.05) is 0 Å². The molecule has 0 heterocycles. The Morgan fingerprint density at radius 1 is 0.824 bits per heavy atom. The van der Waals surface area contributed by atoms with Crippen LogP contribution in [0.3, 0.4) is 0 Å². The van der Waals surface area contributed by atoms with Gasteiger partial charge in [0.15, 0.2) is 0 Å². The normalized spacial score (nSPS) is 12.3. The maximum absolute atomic E-state index is 9.19. The van der Waals surface area contributed by atoms with Crippen molar-refractivity contribution in [3.8, 4) is 11.5 Å². The molecule has 88 valence electrons. The Morgan fingerprint density at radius 2 is 1.29 bits per heavy atom. The monoisotopic (exact) mass is 248 g/mol. The molecule has 1 atom stereocenters. The van der Waals surface area contributed by atoms with Crippen molar-refractivity contribution >= 4 is 11.6 Å². The van der Waals surface area contributed by atoms with E-state index in [1.165, 1.54) is 0 Å². The Kier molecular flexibility index (Phi) is 3.55. The summed E-state index contributed by atoms with van der Waals surface area (Å²) < 4.78 is 0. The number of phenolic OH excluding ortho intramolecular Hbond substituents is 2. The van der Waals surface area contributed by atoms with Crippen molar-refractivity contribution in [1.29, 1.82) is 0 Å². The average molecular weight is 249 g/mol. The summed E-state index contributed by atoms with van der Waals surface area (Å²) in [6.07, 6.45) is 0.687. The van der Waals surface area contributed by atoms with Crippen LogP contribution >= 0.6 is 11.6 Å². The zero-order chi connectivity index (χ0) is 12.3. The van der Waals surface area contributed by atoms with E-state index >= 15 is 0 Å². The molecular formula is C14H13ClO2.